The van der Waals surface area contributed by atoms with Crippen molar-refractivity contribution in [1.29, 1.82) is 0 Å². The lowest BCUT2D eigenvalue weighted by Gasteiger charge is -2.18. The number of nitrogens with two attached hydrogens (primary N) is 1. The zero-order valence-corrected chi connectivity index (χ0v) is 15.6. The SMILES string of the molecule is Cc1cc(SC(C)(C)C)ccc1NC(=O)c1csc(CCN)n1. The van der Waals surface area contributed by atoms with Crippen LogP contribution in [0.3, 0.4) is 0 Å². The molecule has 2 aromatic rings. The molecule has 0 fully saturated rings. The van der Waals surface area contributed by atoms with Gasteiger partial charge in [-0.25, -0.2) is 4.98 Å². The standard InChI is InChI=1S/C17H23N3OS2/c1-11-9-12(23-17(2,3)4)5-6-13(11)20-16(21)14-10-22-15(19-14)7-8-18/h5-6,9-10H,7-8,18H2,1-4H3,(H,20,21). The second kappa shape index (κ2) is 7.47. The van der Waals surface area contributed by atoms with Crippen molar-refractivity contribution < 1.29 is 4.79 Å². The third-order valence-corrected chi connectivity index (χ3v) is 5.02. The maximum Gasteiger partial charge on any atom is 0.275 e. The number of aromatic nitrogens is 1. The molecule has 0 saturated carbocycles. The summed E-state index contributed by atoms with van der Waals surface area (Å²) in [6.07, 6.45) is 0.704. The second-order valence-electron chi connectivity index (χ2n) is 6.31. The molecule has 0 spiro atoms. The van der Waals surface area contributed by atoms with E-state index < -0.39 is 0 Å². The minimum atomic E-state index is -0.177. The van der Waals surface area contributed by atoms with Gasteiger partial charge in [0.2, 0.25) is 0 Å². The summed E-state index contributed by atoms with van der Waals surface area (Å²) in [5.41, 5.74) is 7.83. The lowest BCUT2D eigenvalue weighted by atomic mass is 10.2. The van der Waals surface area contributed by atoms with Crippen molar-refractivity contribution in [3.05, 3.63) is 39.8 Å². The number of nitrogens with one attached hydrogen (secondary N) is 1. The van der Waals surface area contributed by atoms with Gasteiger partial charge in [0.15, 0.2) is 0 Å². The maximum atomic E-state index is 12.3. The fourth-order valence-corrected chi connectivity index (χ4v) is 3.91. The molecule has 1 aromatic carbocycles. The monoisotopic (exact) mass is 349 g/mol. The van der Waals surface area contributed by atoms with Crippen molar-refractivity contribution >= 4 is 34.7 Å². The van der Waals surface area contributed by atoms with Crippen LogP contribution in [0.2, 0.25) is 0 Å². The quantitative estimate of drug-likeness (QED) is 0.798. The van der Waals surface area contributed by atoms with E-state index in [1.165, 1.54) is 16.2 Å². The van der Waals surface area contributed by atoms with Crippen molar-refractivity contribution in [1.82, 2.24) is 4.98 Å². The smallest absolute Gasteiger partial charge is 0.275 e. The van der Waals surface area contributed by atoms with Crippen LogP contribution in [0.4, 0.5) is 5.69 Å². The largest absolute Gasteiger partial charge is 0.330 e. The number of anilines is 1. The second-order valence-corrected chi connectivity index (χ2v) is 9.15. The molecule has 0 bridgehead atoms. The molecule has 23 heavy (non-hydrogen) atoms. The maximum absolute atomic E-state index is 12.3. The number of hydrogen-bond acceptors (Lipinski definition) is 5. The number of aryl methyl sites for hydroxylation is 1. The Bertz CT molecular complexity index is 689. The average Bonchev–Trinajstić information content (AvgIpc) is 2.89. The molecule has 0 unspecified atom stereocenters. The van der Waals surface area contributed by atoms with E-state index in [0.717, 1.165) is 16.3 Å². The average molecular weight is 350 g/mol. The lowest BCUT2D eigenvalue weighted by Crippen LogP contribution is -2.14. The number of benzene rings is 1. The van der Waals surface area contributed by atoms with Gasteiger partial charge < -0.3 is 11.1 Å². The van der Waals surface area contributed by atoms with Crippen LogP contribution in [0.25, 0.3) is 0 Å². The molecule has 3 N–H and O–H groups in total. The molecule has 0 saturated heterocycles. The Labute approximate surface area is 145 Å². The number of thioether (sulfide) groups is 1. The molecule has 1 heterocycles. The van der Waals surface area contributed by atoms with Gasteiger partial charge in [-0.15, -0.1) is 23.1 Å². The summed E-state index contributed by atoms with van der Waals surface area (Å²) < 4.78 is 0.164. The van der Waals surface area contributed by atoms with Gasteiger partial charge in [-0.2, -0.15) is 0 Å². The lowest BCUT2D eigenvalue weighted by molar-refractivity contribution is 0.102. The number of amides is 1. The highest BCUT2D eigenvalue weighted by atomic mass is 32.2. The molecule has 1 aromatic heterocycles. The first-order valence-electron chi connectivity index (χ1n) is 7.54. The van der Waals surface area contributed by atoms with Gasteiger partial charge in [0.05, 0.1) is 5.01 Å². The fourth-order valence-electron chi connectivity index (χ4n) is 2.03. The Morgan fingerprint density at radius 2 is 2.13 bits per heavy atom. The molecule has 0 aliphatic heterocycles. The number of carbonyl (C=O) groups is 1. The first kappa shape index (κ1) is 18.0. The topological polar surface area (TPSA) is 68.0 Å². The number of carbonyl (C=O) groups excluding carboxylic acids is 1. The molecule has 6 heteroatoms. The Kier molecular flexibility index (Phi) is 5.84. The predicted molar refractivity (Wildman–Crippen MR) is 99.6 cm³/mol. The molecular formula is C17H23N3OS2. The molecule has 124 valence electrons. The van der Waals surface area contributed by atoms with Crippen LogP contribution in [0.1, 0.15) is 41.8 Å². The summed E-state index contributed by atoms with van der Waals surface area (Å²) in [5.74, 6) is -0.177. The zero-order chi connectivity index (χ0) is 17.0. The molecule has 0 atom stereocenters. The highest BCUT2D eigenvalue weighted by Gasteiger charge is 2.15. The van der Waals surface area contributed by atoms with Crippen LogP contribution in [0, 0.1) is 6.92 Å². The molecule has 0 aliphatic rings. The van der Waals surface area contributed by atoms with E-state index in [2.05, 4.69) is 37.1 Å². The summed E-state index contributed by atoms with van der Waals surface area (Å²) in [6, 6.07) is 6.10. The zero-order valence-electron chi connectivity index (χ0n) is 14.0. The van der Waals surface area contributed by atoms with Gasteiger partial charge in [-0.1, -0.05) is 20.8 Å². The van der Waals surface area contributed by atoms with Crippen LogP contribution < -0.4 is 11.1 Å². The summed E-state index contributed by atoms with van der Waals surface area (Å²) in [5, 5.41) is 5.61. The van der Waals surface area contributed by atoms with Crippen molar-refractivity contribution in [2.24, 2.45) is 5.73 Å². The minimum Gasteiger partial charge on any atom is -0.330 e. The van der Waals surface area contributed by atoms with E-state index in [1.54, 1.807) is 5.38 Å². The summed E-state index contributed by atoms with van der Waals surface area (Å²) >= 11 is 3.28. The molecule has 4 nitrogen and oxygen atoms in total. The minimum absolute atomic E-state index is 0.164. The van der Waals surface area contributed by atoms with E-state index in [0.29, 0.717) is 18.7 Å². The number of nitrogens with zero attached hydrogens (tertiary/aromatic N) is 1. The third kappa shape index (κ3) is 5.34. The van der Waals surface area contributed by atoms with Crippen LogP contribution in [0.15, 0.2) is 28.5 Å². The predicted octanol–water partition coefficient (Wildman–Crippen LogP) is 4.10. The highest BCUT2D eigenvalue weighted by molar-refractivity contribution is 8.00. The number of rotatable bonds is 5. The van der Waals surface area contributed by atoms with Crippen molar-refractivity contribution in [2.75, 3.05) is 11.9 Å². The number of hydrogen-bond donors (Lipinski definition) is 2. The van der Waals surface area contributed by atoms with Gasteiger partial charge in [0, 0.05) is 27.1 Å². The van der Waals surface area contributed by atoms with Crippen molar-refractivity contribution in [2.45, 2.75) is 43.8 Å². The van der Waals surface area contributed by atoms with Crippen molar-refractivity contribution in [3.8, 4) is 0 Å². The molecular weight excluding hydrogens is 326 g/mol. The number of thiazole rings is 1. The Balaban J connectivity index is 2.08. The third-order valence-electron chi connectivity index (χ3n) is 3.01. The van der Waals surface area contributed by atoms with Crippen molar-refractivity contribution in [3.63, 3.8) is 0 Å². The molecule has 2 rings (SSSR count). The van der Waals surface area contributed by atoms with E-state index in [-0.39, 0.29) is 10.7 Å². The normalized spacial score (nSPS) is 11.5. The van der Waals surface area contributed by atoms with Crippen LogP contribution in [-0.2, 0) is 6.42 Å². The first-order chi connectivity index (χ1) is 10.8. The van der Waals surface area contributed by atoms with Gasteiger partial charge in [0.1, 0.15) is 5.69 Å². The fraction of sp³-hybridized carbons (Fsp3) is 0.412. The Morgan fingerprint density at radius 3 is 2.74 bits per heavy atom. The van der Waals surface area contributed by atoms with E-state index in [1.807, 2.05) is 30.8 Å². The van der Waals surface area contributed by atoms with Gasteiger partial charge >= 0.3 is 0 Å². The summed E-state index contributed by atoms with van der Waals surface area (Å²) in [6.45, 7) is 9.10. The summed E-state index contributed by atoms with van der Waals surface area (Å²) in [7, 11) is 0. The van der Waals surface area contributed by atoms with Gasteiger partial charge in [0.25, 0.3) is 5.91 Å². The van der Waals surface area contributed by atoms with Gasteiger partial charge in [-0.3, -0.25) is 4.79 Å². The summed E-state index contributed by atoms with van der Waals surface area (Å²) in [4.78, 5) is 17.8. The van der Waals surface area contributed by atoms with Crippen LogP contribution >= 0.6 is 23.1 Å². The first-order valence-corrected chi connectivity index (χ1v) is 9.23. The van der Waals surface area contributed by atoms with Crippen LogP contribution in [0.5, 0.6) is 0 Å². The highest BCUT2D eigenvalue weighted by Crippen LogP contribution is 2.33. The van der Waals surface area contributed by atoms with Crippen LogP contribution in [-0.4, -0.2) is 22.2 Å². The Morgan fingerprint density at radius 1 is 1.39 bits per heavy atom. The molecule has 1 amide bonds. The molecule has 0 radical (unpaired) electrons. The Hall–Kier alpha value is -1.37. The molecule has 0 aliphatic carbocycles. The van der Waals surface area contributed by atoms with Gasteiger partial charge in [-0.05, 0) is 37.2 Å². The van der Waals surface area contributed by atoms with E-state index in [4.69, 9.17) is 5.73 Å². The van der Waals surface area contributed by atoms with E-state index >= 15 is 0 Å². The van der Waals surface area contributed by atoms with E-state index in [9.17, 15) is 4.79 Å².